The van der Waals surface area contributed by atoms with E-state index in [2.05, 4.69) is 0 Å². The van der Waals surface area contributed by atoms with Crippen LogP contribution in [-0.2, 0) is 9.53 Å². The standard InChI is InChI=1S/C22H25ClO5/c1-15(9-3-2-4-14-20(25)26)21(17-11-6-8-13-19(17)24)28-22(27)16-10-5-7-12-18(16)23/h2-3,5-8,10-13,15,21-22,24,27H,4,9,14H2,1H3,(H,25,26)/b3-2-/t15-,21+,22+/m0/s1. The maximum Gasteiger partial charge on any atom is 0.303 e. The fraction of sp³-hybridized carbons (Fsp3) is 0.318. The number of carboxylic acids is 1. The number of allylic oxidation sites excluding steroid dienone is 2. The Morgan fingerprint density at radius 3 is 2.39 bits per heavy atom. The normalized spacial score (nSPS) is 14.7. The van der Waals surface area contributed by atoms with Crippen LogP contribution >= 0.6 is 11.6 Å². The first-order valence-corrected chi connectivity index (χ1v) is 9.50. The van der Waals surface area contributed by atoms with Crippen LogP contribution < -0.4 is 0 Å². The smallest absolute Gasteiger partial charge is 0.303 e. The van der Waals surface area contributed by atoms with E-state index in [9.17, 15) is 15.0 Å². The number of aliphatic hydroxyl groups is 1. The summed E-state index contributed by atoms with van der Waals surface area (Å²) < 4.78 is 5.92. The minimum absolute atomic E-state index is 0.0789. The monoisotopic (exact) mass is 404 g/mol. The molecule has 6 heteroatoms. The lowest BCUT2D eigenvalue weighted by molar-refractivity contribution is -0.156. The second kappa shape index (κ2) is 10.9. The Kier molecular flexibility index (Phi) is 8.51. The highest BCUT2D eigenvalue weighted by Crippen LogP contribution is 2.38. The van der Waals surface area contributed by atoms with Crippen molar-refractivity contribution >= 4 is 17.6 Å². The molecule has 0 radical (unpaired) electrons. The Morgan fingerprint density at radius 2 is 1.75 bits per heavy atom. The molecule has 0 spiro atoms. The van der Waals surface area contributed by atoms with Crippen LogP contribution in [0.25, 0.3) is 0 Å². The molecule has 2 aromatic carbocycles. The van der Waals surface area contributed by atoms with Crippen molar-refractivity contribution in [2.45, 2.75) is 38.6 Å². The second-order valence-corrected chi connectivity index (χ2v) is 7.01. The third-order valence-electron chi connectivity index (χ3n) is 4.41. The van der Waals surface area contributed by atoms with Crippen LogP contribution in [0.2, 0.25) is 5.02 Å². The van der Waals surface area contributed by atoms with Crippen LogP contribution in [0.5, 0.6) is 5.75 Å². The molecule has 0 fully saturated rings. The number of phenols is 1. The molecule has 28 heavy (non-hydrogen) atoms. The number of aliphatic carboxylic acids is 1. The zero-order valence-corrected chi connectivity index (χ0v) is 16.4. The number of para-hydroxylation sites is 1. The lowest BCUT2D eigenvalue weighted by Crippen LogP contribution is -2.17. The third-order valence-corrected chi connectivity index (χ3v) is 4.75. The van der Waals surface area contributed by atoms with Crippen molar-refractivity contribution in [1.82, 2.24) is 0 Å². The molecule has 0 aliphatic heterocycles. The summed E-state index contributed by atoms with van der Waals surface area (Å²) in [7, 11) is 0. The number of phenolic OH excluding ortho intramolecular Hbond substituents is 1. The average Bonchev–Trinajstić information content (AvgIpc) is 2.66. The Labute approximate surface area is 169 Å². The maximum absolute atomic E-state index is 10.6. The molecule has 0 aliphatic carbocycles. The topological polar surface area (TPSA) is 87.0 Å². The molecular weight excluding hydrogens is 380 g/mol. The largest absolute Gasteiger partial charge is 0.508 e. The molecule has 5 nitrogen and oxygen atoms in total. The van der Waals surface area contributed by atoms with Gasteiger partial charge in [0.15, 0.2) is 6.29 Å². The quantitative estimate of drug-likeness (QED) is 0.372. The number of halogens is 1. The van der Waals surface area contributed by atoms with Gasteiger partial charge in [-0.2, -0.15) is 0 Å². The summed E-state index contributed by atoms with van der Waals surface area (Å²) in [4.78, 5) is 10.6. The van der Waals surface area contributed by atoms with Gasteiger partial charge in [-0.1, -0.05) is 67.1 Å². The first kappa shape index (κ1) is 22.0. The number of benzene rings is 2. The Balaban J connectivity index is 2.17. The zero-order valence-electron chi connectivity index (χ0n) is 15.7. The molecule has 0 heterocycles. The SMILES string of the molecule is C[C@@H](C/C=C\CCC(=O)O)[C@@H](O[C@@H](O)c1ccccc1Cl)c1ccccc1O. The van der Waals surface area contributed by atoms with Crippen LogP contribution in [0.1, 0.15) is 49.7 Å². The second-order valence-electron chi connectivity index (χ2n) is 6.61. The summed E-state index contributed by atoms with van der Waals surface area (Å²) in [5, 5.41) is 29.9. The van der Waals surface area contributed by atoms with Crippen molar-refractivity contribution in [1.29, 1.82) is 0 Å². The van der Waals surface area contributed by atoms with Gasteiger partial charge in [0.1, 0.15) is 5.75 Å². The fourth-order valence-electron chi connectivity index (χ4n) is 2.89. The summed E-state index contributed by atoms with van der Waals surface area (Å²) in [5.41, 5.74) is 1.02. The maximum atomic E-state index is 10.6. The highest BCUT2D eigenvalue weighted by molar-refractivity contribution is 6.31. The number of hydrogen-bond donors (Lipinski definition) is 3. The van der Waals surface area contributed by atoms with Crippen molar-refractivity contribution in [3.63, 3.8) is 0 Å². The third kappa shape index (κ3) is 6.37. The number of ether oxygens (including phenoxy) is 1. The molecule has 0 bridgehead atoms. The number of aliphatic hydroxyl groups excluding tert-OH is 1. The number of hydrogen-bond acceptors (Lipinski definition) is 4. The van der Waals surface area contributed by atoms with Gasteiger partial charge in [0.25, 0.3) is 0 Å². The van der Waals surface area contributed by atoms with E-state index in [1.807, 2.05) is 19.1 Å². The van der Waals surface area contributed by atoms with Gasteiger partial charge in [-0.05, 0) is 30.9 Å². The summed E-state index contributed by atoms with van der Waals surface area (Å²) in [6.45, 7) is 1.94. The summed E-state index contributed by atoms with van der Waals surface area (Å²) in [6, 6.07) is 13.7. The van der Waals surface area contributed by atoms with Crippen LogP contribution in [0.4, 0.5) is 0 Å². The van der Waals surface area contributed by atoms with Gasteiger partial charge in [-0.25, -0.2) is 0 Å². The van der Waals surface area contributed by atoms with E-state index in [4.69, 9.17) is 21.4 Å². The van der Waals surface area contributed by atoms with E-state index in [0.717, 1.165) is 0 Å². The number of rotatable bonds is 10. The van der Waals surface area contributed by atoms with Gasteiger partial charge < -0.3 is 20.1 Å². The van der Waals surface area contributed by atoms with Crippen molar-refractivity contribution in [2.75, 3.05) is 0 Å². The van der Waals surface area contributed by atoms with Gasteiger partial charge in [0.2, 0.25) is 0 Å². The molecule has 2 rings (SSSR count). The predicted molar refractivity (Wildman–Crippen MR) is 108 cm³/mol. The van der Waals surface area contributed by atoms with Crippen LogP contribution in [-0.4, -0.2) is 21.3 Å². The summed E-state index contributed by atoms with van der Waals surface area (Å²) >= 11 is 6.15. The van der Waals surface area contributed by atoms with Crippen LogP contribution in [0.15, 0.2) is 60.7 Å². The first-order valence-electron chi connectivity index (χ1n) is 9.12. The lowest BCUT2D eigenvalue weighted by Gasteiger charge is -2.28. The van der Waals surface area contributed by atoms with Crippen LogP contribution in [0, 0.1) is 5.92 Å². The molecule has 3 N–H and O–H groups in total. The number of carbonyl (C=O) groups is 1. The van der Waals surface area contributed by atoms with E-state index in [1.54, 1.807) is 48.5 Å². The zero-order chi connectivity index (χ0) is 20.5. The fourth-order valence-corrected chi connectivity index (χ4v) is 3.12. The number of aromatic hydroxyl groups is 1. The highest BCUT2D eigenvalue weighted by Gasteiger charge is 2.26. The minimum atomic E-state index is -1.25. The molecule has 0 aromatic heterocycles. The summed E-state index contributed by atoms with van der Waals surface area (Å²) in [5.74, 6) is -0.844. The average molecular weight is 405 g/mol. The molecule has 3 atom stereocenters. The number of carboxylic acid groups (broad SMARTS) is 1. The highest BCUT2D eigenvalue weighted by atomic mass is 35.5. The molecule has 2 aromatic rings. The molecule has 0 unspecified atom stereocenters. The first-order chi connectivity index (χ1) is 13.4. The molecule has 0 amide bonds. The van der Waals surface area contributed by atoms with Crippen molar-refractivity contribution in [3.05, 3.63) is 76.8 Å². The molecule has 150 valence electrons. The Morgan fingerprint density at radius 1 is 1.11 bits per heavy atom. The molecule has 0 saturated heterocycles. The Hall–Kier alpha value is -2.34. The van der Waals surface area contributed by atoms with Crippen LogP contribution in [0.3, 0.4) is 0 Å². The van der Waals surface area contributed by atoms with E-state index in [-0.39, 0.29) is 18.1 Å². The molecular formula is C22H25ClO5. The van der Waals surface area contributed by atoms with E-state index >= 15 is 0 Å². The van der Waals surface area contributed by atoms with Gasteiger partial charge in [0.05, 0.1) is 6.10 Å². The van der Waals surface area contributed by atoms with Gasteiger partial charge >= 0.3 is 5.97 Å². The van der Waals surface area contributed by atoms with Crippen molar-refractivity contribution in [3.8, 4) is 5.75 Å². The van der Waals surface area contributed by atoms with E-state index < -0.39 is 18.4 Å². The Bertz CT molecular complexity index is 805. The van der Waals surface area contributed by atoms with Gasteiger partial charge in [-0.15, -0.1) is 0 Å². The molecule has 0 saturated carbocycles. The molecule has 0 aliphatic rings. The van der Waals surface area contributed by atoms with Gasteiger partial charge in [-0.3, -0.25) is 4.79 Å². The minimum Gasteiger partial charge on any atom is -0.508 e. The summed E-state index contributed by atoms with van der Waals surface area (Å²) in [6.07, 6.45) is 2.99. The lowest BCUT2D eigenvalue weighted by atomic mass is 9.93. The van der Waals surface area contributed by atoms with Gasteiger partial charge in [0, 0.05) is 22.6 Å². The predicted octanol–water partition coefficient (Wildman–Crippen LogP) is 5.24. The van der Waals surface area contributed by atoms with E-state index in [0.29, 0.717) is 29.0 Å². The van der Waals surface area contributed by atoms with Crippen molar-refractivity contribution in [2.24, 2.45) is 5.92 Å². The van der Waals surface area contributed by atoms with Crippen molar-refractivity contribution < 1.29 is 24.9 Å². The van der Waals surface area contributed by atoms with E-state index in [1.165, 1.54) is 0 Å².